The molecule has 0 heterocycles. The predicted molar refractivity (Wildman–Crippen MR) is 77.7 cm³/mol. The summed E-state index contributed by atoms with van der Waals surface area (Å²) >= 11 is 1.77. The molecule has 0 aliphatic heterocycles. The lowest BCUT2D eigenvalue weighted by Crippen LogP contribution is -2.54. The summed E-state index contributed by atoms with van der Waals surface area (Å²) in [6.45, 7) is 6.72. The molecule has 0 bridgehead atoms. The Kier molecular flexibility index (Phi) is 5.69. The molecule has 0 fully saturated rings. The molecule has 0 spiro atoms. The van der Waals surface area contributed by atoms with E-state index < -0.39 is 5.54 Å². The summed E-state index contributed by atoms with van der Waals surface area (Å²) in [5, 5.41) is 3.51. The van der Waals surface area contributed by atoms with Crippen LogP contribution in [0.1, 0.15) is 27.2 Å². The molecule has 0 aliphatic rings. The maximum Gasteiger partial charge on any atom is 0.237 e. The number of nitrogens with one attached hydrogen (secondary N) is 1. The van der Waals surface area contributed by atoms with E-state index in [1.165, 1.54) is 4.90 Å². The minimum Gasteiger partial charge on any atom is -0.368 e. The molecule has 2 atom stereocenters. The Morgan fingerprint density at radius 1 is 1.44 bits per heavy atom. The summed E-state index contributed by atoms with van der Waals surface area (Å²) in [4.78, 5) is 12.8. The molecule has 2 unspecified atom stereocenters. The lowest BCUT2D eigenvalue weighted by Gasteiger charge is -2.29. The highest BCUT2D eigenvalue weighted by Crippen LogP contribution is 2.28. The number of amides is 1. The first kappa shape index (κ1) is 15.1. The number of hydrogen-bond acceptors (Lipinski definition) is 3. The molecule has 0 aliphatic carbocycles. The number of rotatable bonds is 7. The smallest absolute Gasteiger partial charge is 0.237 e. The molecule has 0 saturated carbocycles. The summed E-state index contributed by atoms with van der Waals surface area (Å²) in [6.07, 6.45) is 0.718. The molecule has 1 aromatic rings. The van der Waals surface area contributed by atoms with Crippen molar-refractivity contribution in [2.75, 3.05) is 6.54 Å². The van der Waals surface area contributed by atoms with Gasteiger partial charge in [-0.25, -0.2) is 0 Å². The van der Waals surface area contributed by atoms with Gasteiger partial charge in [0.15, 0.2) is 0 Å². The largest absolute Gasteiger partial charge is 0.368 e. The van der Waals surface area contributed by atoms with Crippen LogP contribution < -0.4 is 11.1 Å². The van der Waals surface area contributed by atoms with E-state index in [1.807, 2.05) is 32.0 Å². The van der Waals surface area contributed by atoms with Crippen LogP contribution in [0.3, 0.4) is 0 Å². The summed E-state index contributed by atoms with van der Waals surface area (Å²) in [5.74, 6) is -0.287. The van der Waals surface area contributed by atoms with Crippen LogP contribution in [0.2, 0.25) is 0 Å². The Bertz CT molecular complexity index is 383. The highest BCUT2D eigenvalue weighted by Gasteiger charge is 2.31. The summed E-state index contributed by atoms with van der Waals surface area (Å²) in [7, 11) is 0. The minimum atomic E-state index is -0.629. The number of hydrogen-bond donors (Lipinski definition) is 2. The second-order valence-electron chi connectivity index (χ2n) is 4.67. The molecule has 1 amide bonds. The third-order valence-corrected chi connectivity index (χ3v) is 4.00. The van der Waals surface area contributed by atoms with Gasteiger partial charge in [-0.3, -0.25) is 4.79 Å². The molecule has 4 heteroatoms. The van der Waals surface area contributed by atoms with Gasteiger partial charge in [-0.1, -0.05) is 32.0 Å². The second-order valence-corrected chi connectivity index (χ2v) is 6.18. The van der Waals surface area contributed by atoms with Crippen molar-refractivity contribution in [3.8, 4) is 0 Å². The van der Waals surface area contributed by atoms with Gasteiger partial charge < -0.3 is 11.1 Å². The lowest BCUT2D eigenvalue weighted by atomic mass is 9.95. The van der Waals surface area contributed by atoms with Crippen LogP contribution in [0.5, 0.6) is 0 Å². The fourth-order valence-corrected chi connectivity index (χ4v) is 3.19. The molecular formula is C14H22N2OS. The molecule has 0 saturated heterocycles. The Hall–Kier alpha value is -1.00. The minimum absolute atomic E-state index is 0.287. The number of likely N-dealkylation sites (N-methyl/N-ethyl adjacent to an activating group) is 1. The van der Waals surface area contributed by atoms with Gasteiger partial charge in [-0.2, -0.15) is 0 Å². The third kappa shape index (κ3) is 4.35. The van der Waals surface area contributed by atoms with Crippen molar-refractivity contribution >= 4 is 17.7 Å². The zero-order valence-electron chi connectivity index (χ0n) is 11.3. The Labute approximate surface area is 114 Å². The van der Waals surface area contributed by atoms with Crippen molar-refractivity contribution in [1.29, 1.82) is 0 Å². The van der Waals surface area contributed by atoms with Gasteiger partial charge in [-0.05, 0) is 32.0 Å². The number of carbonyl (C=O) groups excluding carboxylic acids is 1. The van der Waals surface area contributed by atoms with E-state index in [0.29, 0.717) is 5.25 Å². The molecule has 3 N–H and O–H groups in total. The fourth-order valence-electron chi connectivity index (χ4n) is 2.00. The normalized spacial score (nSPS) is 15.9. The van der Waals surface area contributed by atoms with Crippen molar-refractivity contribution in [2.24, 2.45) is 5.73 Å². The molecule has 3 nitrogen and oxygen atoms in total. The number of thioether (sulfide) groups is 1. The van der Waals surface area contributed by atoms with E-state index in [2.05, 4.69) is 24.4 Å². The SMILES string of the molecule is CCNC(C)(CC(C)Sc1ccccc1)C(N)=O. The van der Waals surface area contributed by atoms with E-state index in [-0.39, 0.29) is 5.91 Å². The van der Waals surface area contributed by atoms with E-state index in [4.69, 9.17) is 5.73 Å². The van der Waals surface area contributed by atoms with Crippen LogP contribution >= 0.6 is 11.8 Å². The van der Waals surface area contributed by atoms with Crippen LogP contribution in [-0.4, -0.2) is 23.2 Å². The maximum atomic E-state index is 11.5. The first-order valence-corrected chi connectivity index (χ1v) is 7.12. The maximum absolute atomic E-state index is 11.5. The van der Waals surface area contributed by atoms with E-state index >= 15 is 0 Å². The van der Waals surface area contributed by atoms with Crippen LogP contribution in [0, 0.1) is 0 Å². The van der Waals surface area contributed by atoms with Crippen molar-refractivity contribution in [2.45, 2.75) is 42.9 Å². The fraction of sp³-hybridized carbons (Fsp3) is 0.500. The molecule has 18 heavy (non-hydrogen) atoms. The quantitative estimate of drug-likeness (QED) is 0.745. The topological polar surface area (TPSA) is 55.1 Å². The Morgan fingerprint density at radius 3 is 2.56 bits per heavy atom. The second kappa shape index (κ2) is 6.81. The first-order chi connectivity index (χ1) is 8.48. The zero-order valence-corrected chi connectivity index (χ0v) is 12.1. The average molecular weight is 266 g/mol. The summed E-state index contributed by atoms with van der Waals surface area (Å²) < 4.78 is 0. The highest BCUT2D eigenvalue weighted by molar-refractivity contribution is 7.99. The third-order valence-electron chi connectivity index (χ3n) is 2.89. The van der Waals surface area contributed by atoms with Crippen LogP contribution in [0.4, 0.5) is 0 Å². The highest BCUT2D eigenvalue weighted by atomic mass is 32.2. The Morgan fingerprint density at radius 2 is 2.06 bits per heavy atom. The number of carbonyl (C=O) groups is 1. The molecule has 100 valence electrons. The van der Waals surface area contributed by atoms with Gasteiger partial charge in [0.05, 0.1) is 5.54 Å². The van der Waals surface area contributed by atoms with E-state index in [9.17, 15) is 4.79 Å². The van der Waals surface area contributed by atoms with E-state index in [1.54, 1.807) is 11.8 Å². The first-order valence-electron chi connectivity index (χ1n) is 6.24. The number of nitrogens with two attached hydrogens (primary N) is 1. The zero-order chi connectivity index (χ0) is 13.6. The predicted octanol–water partition coefficient (Wildman–Crippen LogP) is 2.41. The van der Waals surface area contributed by atoms with Crippen molar-refractivity contribution in [3.05, 3.63) is 30.3 Å². The van der Waals surface area contributed by atoms with Gasteiger partial charge in [-0.15, -0.1) is 11.8 Å². The van der Waals surface area contributed by atoms with Crippen LogP contribution in [0.15, 0.2) is 35.2 Å². The van der Waals surface area contributed by atoms with Gasteiger partial charge in [0, 0.05) is 10.1 Å². The molecule has 1 aromatic carbocycles. The standard InChI is InChI=1S/C14H22N2OS/c1-4-16-14(3,13(15)17)10-11(2)18-12-8-6-5-7-9-12/h5-9,11,16H,4,10H2,1-3H3,(H2,15,17). The van der Waals surface area contributed by atoms with Crippen molar-refractivity contribution < 1.29 is 4.79 Å². The monoisotopic (exact) mass is 266 g/mol. The molecular weight excluding hydrogens is 244 g/mol. The van der Waals surface area contributed by atoms with Gasteiger partial charge in [0.2, 0.25) is 5.91 Å². The lowest BCUT2D eigenvalue weighted by molar-refractivity contribution is -0.124. The number of primary amides is 1. The summed E-state index contributed by atoms with van der Waals surface area (Å²) in [5.41, 5.74) is 4.86. The van der Waals surface area contributed by atoms with Crippen molar-refractivity contribution in [3.63, 3.8) is 0 Å². The van der Waals surface area contributed by atoms with Gasteiger partial charge in [0.25, 0.3) is 0 Å². The molecule has 0 aromatic heterocycles. The molecule has 1 rings (SSSR count). The summed E-state index contributed by atoms with van der Waals surface area (Å²) in [6, 6.07) is 10.2. The van der Waals surface area contributed by atoms with E-state index in [0.717, 1.165) is 13.0 Å². The van der Waals surface area contributed by atoms with Gasteiger partial charge >= 0.3 is 0 Å². The van der Waals surface area contributed by atoms with Gasteiger partial charge in [0.1, 0.15) is 0 Å². The van der Waals surface area contributed by atoms with Crippen molar-refractivity contribution in [1.82, 2.24) is 5.32 Å². The van der Waals surface area contributed by atoms with Crippen LogP contribution in [0.25, 0.3) is 0 Å². The average Bonchev–Trinajstić information content (AvgIpc) is 2.30. The number of benzene rings is 1. The van der Waals surface area contributed by atoms with Crippen LogP contribution in [-0.2, 0) is 4.79 Å². The molecule has 0 radical (unpaired) electrons. The Balaban J connectivity index is 2.62.